The van der Waals surface area contributed by atoms with Gasteiger partial charge < -0.3 is 14.7 Å². The number of fused-ring (bicyclic) bond motifs is 1. The molecule has 1 fully saturated rings. The Morgan fingerprint density at radius 3 is 2.31 bits per heavy atom. The number of hydrogen-bond donors (Lipinski definition) is 0. The molecule has 0 atom stereocenters. The SMILES string of the molecule is CCN(CC)c1ccc(N2CCN(C(=O)c3ccc4nccnc4c3)CC2)nn1. The lowest BCUT2D eigenvalue weighted by Crippen LogP contribution is -2.49. The lowest BCUT2D eigenvalue weighted by atomic mass is 10.1. The molecule has 1 amide bonds. The smallest absolute Gasteiger partial charge is 0.254 e. The molecule has 150 valence electrons. The highest BCUT2D eigenvalue weighted by Crippen LogP contribution is 2.18. The minimum Gasteiger partial charge on any atom is -0.356 e. The molecule has 29 heavy (non-hydrogen) atoms. The van der Waals surface area contributed by atoms with Crippen LogP contribution in [0.3, 0.4) is 0 Å². The van der Waals surface area contributed by atoms with Crippen molar-refractivity contribution in [3.8, 4) is 0 Å². The molecule has 0 bridgehead atoms. The zero-order valence-corrected chi connectivity index (χ0v) is 16.8. The Labute approximate surface area is 170 Å². The van der Waals surface area contributed by atoms with Crippen molar-refractivity contribution in [2.75, 3.05) is 49.1 Å². The van der Waals surface area contributed by atoms with Gasteiger partial charge in [-0.1, -0.05) is 0 Å². The van der Waals surface area contributed by atoms with E-state index >= 15 is 0 Å². The number of piperazine rings is 1. The fourth-order valence-corrected chi connectivity index (χ4v) is 3.62. The van der Waals surface area contributed by atoms with Crippen molar-refractivity contribution in [1.29, 1.82) is 0 Å². The summed E-state index contributed by atoms with van der Waals surface area (Å²) in [7, 11) is 0. The molecule has 3 heterocycles. The van der Waals surface area contributed by atoms with E-state index in [2.05, 4.69) is 43.8 Å². The zero-order valence-electron chi connectivity index (χ0n) is 16.8. The van der Waals surface area contributed by atoms with Gasteiger partial charge in [0, 0.05) is 57.2 Å². The molecule has 8 heteroatoms. The summed E-state index contributed by atoms with van der Waals surface area (Å²) in [6, 6.07) is 9.51. The minimum atomic E-state index is 0.0279. The maximum Gasteiger partial charge on any atom is 0.254 e. The van der Waals surface area contributed by atoms with Gasteiger partial charge in [0.15, 0.2) is 11.6 Å². The Bertz CT molecular complexity index is 980. The maximum absolute atomic E-state index is 12.9. The monoisotopic (exact) mass is 391 g/mol. The second-order valence-corrected chi connectivity index (χ2v) is 6.96. The van der Waals surface area contributed by atoms with Crippen LogP contribution in [0.5, 0.6) is 0 Å². The van der Waals surface area contributed by atoms with Gasteiger partial charge in [0.05, 0.1) is 11.0 Å². The average Bonchev–Trinajstić information content (AvgIpc) is 2.80. The molecule has 3 aromatic rings. The van der Waals surface area contributed by atoms with E-state index < -0.39 is 0 Å². The number of carbonyl (C=O) groups excluding carboxylic acids is 1. The predicted octanol–water partition coefficient (Wildman–Crippen LogP) is 2.23. The van der Waals surface area contributed by atoms with Crippen LogP contribution in [0, 0.1) is 0 Å². The number of hydrogen-bond acceptors (Lipinski definition) is 7. The van der Waals surface area contributed by atoms with Gasteiger partial charge in [-0.25, -0.2) is 0 Å². The molecule has 0 spiro atoms. The first-order chi connectivity index (χ1) is 14.2. The van der Waals surface area contributed by atoms with Gasteiger partial charge in [0.1, 0.15) is 0 Å². The van der Waals surface area contributed by atoms with E-state index in [1.165, 1.54) is 0 Å². The van der Waals surface area contributed by atoms with Crippen molar-refractivity contribution in [2.45, 2.75) is 13.8 Å². The fourth-order valence-electron chi connectivity index (χ4n) is 3.62. The normalized spacial score (nSPS) is 14.3. The second-order valence-electron chi connectivity index (χ2n) is 6.96. The summed E-state index contributed by atoms with van der Waals surface area (Å²) < 4.78 is 0. The topological polar surface area (TPSA) is 78.4 Å². The average molecular weight is 391 g/mol. The molecule has 0 saturated carbocycles. The van der Waals surface area contributed by atoms with Crippen molar-refractivity contribution in [3.63, 3.8) is 0 Å². The Balaban J connectivity index is 1.40. The Hall–Kier alpha value is -3.29. The summed E-state index contributed by atoms with van der Waals surface area (Å²) in [5.41, 5.74) is 2.18. The van der Waals surface area contributed by atoms with Crippen LogP contribution in [0.15, 0.2) is 42.7 Å². The van der Waals surface area contributed by atoms with Crippen molar-refractivity contribution in [1.82, 2.24) is 25.1 Å². The molecule has 2 aromatic heterocycles. The molecule has 4 rings (SSSR count). The summed E-state index contributed by atoms with van der Waals surface area (Å²) in [5, 5.41) is 8.76. The Morgan fingerprint density at radius 2 is 1.66 bits per heavy atom. The Kier molecular flexibility index (Phi) is 5.50. The van der Waals surface area contributed by atoms with Gasteiger partial charge in [0.2, 0.25) is 0 Å². The van der Waals surface area contributed by atoms with Crippen LogP contribution in [0.4, 0.5) is 11.6 Å². The van der Waals surface area contributed by atoms with Gasteiger partial charge in [-0.15, -0.1) is 10.2 Å². The predicted molar refractivity (Wildman–Crippen MR) is 113 cm³/mol. The van der Waals surface area contributed by atoms with Crippen LogP contribution < -0.4 is 9.80 Å². The highest BCUT2D eigenvalue weighted by Gasteiger charge is 2.23. The van der Waals surface area contributed by atoms with Gasteiger partial charge in [-0.3, -0.25) is 14.8 Å². The van der Waals surface area contributed by atoms with E-state index in [9.17, 15) is 4.79 Å². The molecule has 0 radical (unpaired) electrons. The van der Waals surface area contributed by atoms with Crippen LogP contribution in [0.2, 0.25) is 0 Å². The van der Waals surface area contributed by atoms with Crippen molar-refractivity contribution in [2.24, 2.45) is 0 Å². The molecule has 1 aliphatic rings. The van der Waals surface area contributed by atoms with Gasteiger partial charge in [0.25, 0.3) is 5.91 Å². The van der Waals surface area contributed by atoms with E-state index in [0.29, 0.717) is 18.7 Å². The standard InChI is InChI=1S/C21H25N7O/c1-3-26(4-2)19-7-8-20(25-24-19)27-11-13-28(14-12-27)21(29)16-5-6-17-18(15-16)23-10-9-22-17/h5-10,15H,3-4,11-14H2,1-2H3. The third-order valence-electron chi connectivity index (χ3n) is 5.33. The summed E-state index contributed by atoms with van der Waals surface area (Å²) in [6.07, 6.45) is 3.29. The fraction of sp³-hybridized carbons (Fsp3) is 0.381. The summed E-state index contributed by atoms with van der Waals surface area (Å²) >= 11 is 0. The first-order valence-corrected chi connectivity index (χ1v) is 10.0. The molecule has 0 aliphatic carbocycles. The van der Waals surface area contributed by atoms with E-state index in [1.54, 1.807) is 12.4 Å². The second kappa shape index (κ2) is 8.38. The van der Waals surface area contributed by atoms with Crippen LogP contribution >= 0.6 is 0 Å². The number of rotatable bonds is 5. The van der Waals surface area contributed by atoms with Gasteiger partial charge in [-0.2, -0.15) is 0 Å². The highest BCUT2D eigenvalue weighted by molar-refractivity contribution is 5.97. The first-order valence-electron chi connectivity index (χ1n) is 10.0. The third-order valence-corrected chi connectivity index (χ3v) is 5.33. The number of nitrogens with zero attached hydrogens (tertiary/aromatic N) is 7. The van der Waals surface area contributed by atoms with Crippen LogP contribution in [-0.2, 0) is 0 Å². The number of benzene rings is 1. The van der Waals surface area contributed by atoms with Crippen LogP contribution in [0.25, 0.3) is 11.0 Å². The third kappa shape index (κ3) is 3.96. The lowest BCUT2D eigenvalue weighted by Gasteiger charge is -2.35. The molecule has 0 unspecified atom stereocenters. The number of amides is 1. The van der Waals surface area contributed by atoms with Gasteiger partial charge >= 0.3 is 0 Å². The van der Waals surface area contributed by atoms with E-state index in [0.717, 1.165) is 48.8 Å². The quantitative estimate of drug-likeness (QED) is 0.660. The summed E-state index contributed by atoms with van der Waals surface area (Å²) in [5.74, 6) is 1.78. The molecule has 8 nitrogen and oxygen atoms in total. The summed E-state index contributed by atoms with van der Waals surface area (Å²) in [6.45, 7) is 8.80. The molecule has 0 N–H and O–H groups in total. The van der Waals surface area contributed by atoms with Crippen LogP contribution in [0.1, 0.15) is 24.2 Å². The maximum atomic E-state index is 12.9. The van der Waals surface area contributed by atoms with E-state index in [1.807, 2.05) is 35.2 Å². The molecular weight excluding hydrogens is 366 g/mol. The highest BCUT2D eigenvalue weighted by atomic mass is 16.2. The number of carbonyl (C=O) groups is 1. The van der Waals surface area contributed by atoms with E-state index in [4.69, 9.17) is 0 Å². The van der Waals surface area contributed by atoms with Crippen LogP contribution in [-0.4, -0.2) is 70.2 Å². The number of anilines is 2. The number of aromatic nitrogens is 4. The van der Waals surface area contributed by atoms with Crippen molar-refractivity contribution >= 4 is 28.6 Å². The molecule has 1 aliphatic heterocycles. The molecule has 1 aromatic carbocycles. The van der Waals surface area contributed by atoms with E-state index in [-0.39, 0.29) is 5.91 Å². The van der Waals surface area contributed by atoms with Gasteiger partial charge in [-0.05, 0) is 44.2 Å². The molecule has 1 saturated heterocycles. The first kappa shape index (κ1) is 19.0. The lowest BCUT2D eigenvalue weighted by molar-refractivity contribution is 0.0746. The van der Waals surface area contributed by atoms with Crippen molar-refractivity contribution in [3.05, 3.63) is 48.3 Å². The largest absolute Gasteiger partial charge is 0.356 e. The zero-order chi connectivity index (χ0) is 20.2. The van der Waals surface area contributed by atoms with Crippen molar-refractivity contribution < 1.29 is 4.79 Å². The Morgan fingerprint density at radius 1 is 0.931 bits per heavy atom. The summed E-state index contributed by atoms with van der Waals surface area (Å²) in [4.78, 5) is 27.7. The minimum absolute atomic E-state index is 0.0279. The molecular formula is C21H25N7O.